The van der Waals surface area contributed by atoms with Crippen LogP contribution in [0.15, 0.2) is 30.3 Å². The predicted molar refractivity (Wildman–Crippen MR) is 70.3 cm³/mol. The van der Waals surface area contributed by atoms with Crippen molar-refractivity contribution in [1.29, 1.82) is 0 Å². The Kier molecular flexibility index (Phi) is 4.16. The van der Waals surface area contributed by atoms with E-state index in [9.17, 15) is 9.59 Å². The minimum Gasteiger partial charge on any atom is -0.467 e. The molecule has 0 aliphatic heterocycles. The van der Waals surface area contributed by atoms with E-state index in [1.165, 1.54) is 7.11 Å². The normalized spacial score (nSPS) is 15.6. The number of ether oxygens (including phenoxy) is 1. The lowest BCUT2D eigenvalue weighted by atomic mass is 10.2. The molecular weight excluding hydrogens is 244 g/mol. The monoisotopic (exact) mass is 262 g/mol. The molecule has 1 aliphatic rings. The fourth-order valence-corrected chi connectivity index (χ4v) is 1.93. The molecule has 0 spiro atoms. The molecular formula is C14H18N2O3. The molecule has 0 atom stereocenters. The Hall–Kier alpha value is -1.88. The lowest BCUT2D eigenvalue weighted by molar-refractivity contribution is -0.146. The summed E-state index contributed by atoms with van der Waals surface area (Å²) in [4.78, 5) is 23.2. The molecule has 1 saturated carbocycles. The van der Waals surface area contributed by atoms with Gasteiger partial charge in [-0.15, -0.1) is 0 Å². The average molecular weight is 262 g/mol. The molecule has 1 fully saturated rings. The summed E-state index contributed by atoms with van der Waals surface area (Å²) >= 11 is 0. The van der Waals surface area contributed by atoms with Gasteiger partial charge in [-0.2, -0.15) is 0 Å². The smallest absolute Gasteiger partial charge is 0.331 e. The van der Waals surface area contributed by atoms with Crippen LogP contribution in [0.2, 0.25) is 0 Å². The van der Waals surface area contributed by atoms with Crippen molar-refractivity contribution in [1.82, 2.24) is 10.6 Å². The van der Waals surface area contributed by atoms with Crippen LogP contribution in [0.4, 0.5) is 0 Å². The molecule has 0 heterocycles. The zero-order valence-corrected chi connectivity index (χ0v) is 10.9. The fraction of sp³-hybridized carbons (Fsp3) is 0.429. The fourth-order valence-electron chi connectivity index (χ4n) is 1.93. The average Bonchev–Trinajstić information content (AvgIpc) is 3.20. The van der Waals surface area contributed by atoms with Crippen LogP contribution in [-0.4, -0.2) is 31.1 Å². The third-order valence-corrected chi connectivity index (χ3v) is 3.16. The highest BCUT2D eigenvalue weighted by Crippen LogP contribution is 2.36. The maximum absolute atomic E-state index is 11.7. The van der Waals surface area contributed by atoms with Gasteiger partial charge >= 0.3 is 5.97 Å². The van der Waals surface area contributed by atoms with Gasteiger partial charge in [0.15, 0.2) is 0 Å². The number of hydrogen-bond acceptors (Lipinski definition) is 4. The molecule has 1 aromatic rings. The highest BCUT2D eigenvalue weighted by atomic mass is 16.5. The quantitative estimate of drug-likeness (QED) is 0.737. The maximum atomic E-state index is 11.7. The summed E-state index contributed by atoms with van der Waals surface area (Å²) in [6.45, 7) is 0.813. The van der Waals surface area contributed by atoms with Gasteiger partial charge in [0, 0.05) is 6.54 Å². The maximum Gasteiger partial charge on any atom is 0.331 e. The first-order valence-electron chi connectivity index (χ1n) is 6.30. The van der Waals surface area contributed by atoms with Gasteiger partial charge in [-0.3, -0.25) is 4.79 Å². The molecule has 0 bridgehead atoms. The first kappa shape index (κ1) is 13.5. The van der Waals surface area contributed by atoms with Crippen molar-refractivity contribution in [2.75, 3.05) is 13.7 Å². The minimum atomic E-state index is -0.764. The van der Waals surface area contributed by atoms with Gasteiger partial charge in [0.1, 0.15) is 5.54 Å². The number of amides is 1. The van der Waals surface area contributed by atoms with Crippen LogP contribution in [0.5, 0.6) is 0 Å². The number of carbonyl (C=O) groups excluding carboxylic acids is 2. The van der Waals surface area contributed by atoms with Crippen LogP contribution >= 0.6 is 0 Å². The minimum absolute atomic E-state index is 0.182. The SMILES string of the molecule is COC(=O)C1(NC(=O)CNCc2ccccc2)CC1. The summed E-state index contributed by atoms with van der Waals surface area (Å²) in [7, 11) is 1.34. The Balaban J connectivity index is 1.72. The predicted octanol–water partition coefficient (Wildman–Crippen LogP) is 0.598. The van der Waals surface area contributed by atoms with E-state index in [4.69, 9.17) is 0 Å². The highest BCUT2D eigenvalue weighted by molar-refractivity contribution is 5.91. The molecule has 0 saturated heterocycles. The van der Waals surface area contributed by atoms with Crippen molar-refractivity contribution in [2.45, 2.75) is 24.9 Å². The molecule has 0 unspecified atom stereocenters. The third-order valence-electron chi connectivity index (χ3n) is 3.16. The number of benzene rings is 1. The van der Waals surface area contributed by atoms with Gasteiger partial charge in [0.2, 0.25) is 5.91 Å². The van der Waals surface area contributed by atoms with Crippen molar-refractivity contribution >= 4 is 11.9 Å². The number of methoxy groups -OCH3 is 1. The van der Waals surface area contributed by atoms with Crippen LogP contribution in [0.25, 0.3) is 0 Å². The van der Waals surface area contributed by atoms with E-state index in [2.05, 4.69) is 15.4 Å². The van der Waals surface area contributed by atoms with E-state index < -0.39 is 5.54 Å². The Morgan fingerprint density at radius 3 is 2.53 bits per heavy atom. The number of esters is 1. The van der Waals surface area contributed by atoms with Crippen molar-refractivity contribution in [2.24, 2.45) is 0 Å². The molecule has 2 N–H and O–H groups in total. The molecule has 102 valence electrons. The zero-order chi connectivity index (χ0) is 13.7. The van der Waals surface area contributed by atoms with Crippen molar-refractivity contribution < 1.29 is 14.3 Å². The Morgan fingerprint density at radius 2 is 1.95 bits per heavy atom. The molecule has 1 aliphatic carbocycles. The Bertz CT molecular complexity index is 455. The molecule has 2 rings (SSSR count). The van der Waals surface area contributed by atoms with Gasteiger partial charge in [-0.05, 0) is 18.4 Å². The number of nitrogens with one attached hydrogen (secondary N) is 2. The van der Waals surface area contributed by atoms with E-state index in [0.29, 0.717) is 19.4 Å². The van der Waals surface area contributed by atoms with E-state index in [-0.39, 0.29) is 18.4 Å². The van der Waals surface area contributed by atoms with E-state index in [1.54, 1.807) is 0 Å². The van der Waals surface area contributed by atoms with Gasteiger partial charge in [0.25, 0.3) is 0 Å². The highest BCUT2D eigenvalue weighted by Gasteiger charge is 2.52. The van der Waals surface area contributed by atoms with Crippen molar-refractivity contribution in [3.63, 3.8) is 0 Å². The molecule has 1 aromatic carbocycles. The van der Waals surface area contributed by atoms with Crippen LogP contribution in [-0.2, 0) is 20.9 Å². The van der Waals surface area contributed by atoms with Crippen LogP contribution in [0, 0.1) is 0 Å². The summed E-state index contributed by atoms with van der Waals surface area (Å²) in [5.74, 6) is -0.539. The first-order valence-corrected chi connectivity index (χ1v) is 6.30. The summed E-state index contributed by atoms with van der Waals surface area (Å²) in [6.07, 6.45) is 1.31. The standard InChI is InChI=1S/C14H18N2O3/c1-19-13(18)14(7-8-14)16-12(17)10-15-9-11-5-3-2-4-6-11/h2-6,15H,7-10H2,1H3,(H,16,17). The molecule has 19 heavy (non-hydrogen) atoms. The Labute approximate surface area is 112 Å². The molecule has 1 amide bonds. The summed E-state index contributed by atoms with van der Waals surface area (Å²) in [5, 5.41) is 5.77. The first-order chi connectivity index (χ1) is 9.16. The molecule has 0 radical (unpaired) electrons. The van der Waals surface area contributed by atoms with Gasteiger partial charge in [0.05, 0.1) is 13.7 Å². The largest absolute Gasteiger partial charge is 0.467 e. The number of rotatable bonds is 6. The topological polar surface area (TPSA) is 67.4 Å². The van der Waals surface area contributed by atoms with Gasteiger partial charge in [-0.1, -0.05) is 30.3 Å². The second kappa shape index (κ2) is 5.84. The second-order valence-electron chi connectivity index (χ2n) is 4.71. The van der Waals surface area contributed by atoms with Crippen LogP contribution in [0.1, 0.15) is 18.4 Å². The lowest BCUT2D eigenvalue weighted by Crippen LogP contribution is -2.47. The van der Waals surface area contributed by atoms with Crippen molar-refractivity contribution in [3.8, 4) is 0 Å². The number of carbonyl (C=O) groups is 2. The molecule has 5 heteroatoms. The summed E-state index contributed by atoms with van der Waals surface area (Å²) in [6, 6.07) is 9.83. The second-order valence-corrected chi connectivity index (χ2v) is 4.71. The van der Waals surface area contributed by atoms with Crippen molar-refractivity contribution in [3.05, 3.63) is 35.9 Å². The van der Waals surface area contributed by atoms with E-state index in [0.717, 1.165) is 5.56 Å². The van der Waals surface area contributed by atoms with Gasteiger partial charge < -0.3 is 15.4 Å². The lowest BCUT2D eigenvalue weighted by Gasteiger charge is -2.15. The van der Waals surface area contributed by atoms with E-state index in [1.807, 2.05) is 30.3 Å². The summed E-state index contributed by atoms with van der Waals surface area (Å²) in [5.41, 5.74) is 0.352. The summed E-state index contributed by atoms with van der Waals surface area (Å²) < 4.78 is 4.68. The van der Waals surface area contributed by atoms with E-state index >= 15 is 0 Å². The van der Waals surface area contributed by atoms with Crippen LogP contribution in [0.3, 0.4) is 0 Å². The zero-order valence-electron chi connectivity index (χ0n) is 10.9. The van der Waals surface area contributed by atoms with Crippen LogP contribution < -0.4 is 10.6 Å². The number of hydrogen-bond donors (Lipinski definition) is 2. The molecule has 0 aromatic heterocycles. The van der Waals surface area contributed by atoms with Gasteiger partial charge in [-0.25, -0.2) is 4.79 Å². The molecule has 5 nitrogen and oxygen atoms in total. The Morgan fingerprint density at radius 1 is 1.26 bits per heavy atom. The third kappa shape index (κ3) is 3.54.